The Morgan fingerprint density at radius 1 is 1.50 bits per heavy atom. The summed E-state index contributed by atoms with van der Waals surface area (Å²) in [6, 6.07) is 5.67. The van der Waals surface area contributed by atoms with Crippen LogP contribution >= 0.6 is 11.3 Å². The SMILES string of the molecule is Cc1cc(C(=O)N2CC(C(=O)NCCc3cccs3)C2)no1. The van der Waals surface area contributed by atoms with Crippen molar-refractivity contribution in [2.45, 2.75) is 13.3 Å². The predicted octanol–water partition coefficient (Wildman–Crippen LogP) is 1.48. The van der Waals surface area contributed by atoms with E-state index in [2.05, 4.69) is 16.5 Å². The van der Waals surface area contributed by atoms with Gasteiger partial charge in [0, 0.05) is 30.6 Å². The Hall–Kier alpha value is -2.15. The molecule has 7 heteroatoms. The topological polar surface area (TPSA) is 75.4 Å². The molecule has 6 nitrogen and oxygen atoms in total. The maximum absolute atomic E-state index is 12.1. The van der Waals surface area contributed by atoms with Crippen molar-refractivity contribution in [3.8, 4) is 0 Å². The number of hydrogen-bond acceptors (Lipinski definition) is 5. The predicted molar refractivity (Wildman–Crippen MR) is 81.7 cm³/mol. The van der Waals surface area contributed by atoms with E-state index in [1.165, 1.54) is 4.88 Å². The van der Waals surface area contributed by atoms with Crippen molar-refractivity contribution < 1.29 is 14.1 Å². The molecule has 0 spiro atoms. The lowest BCUT2D eigenvalue weighted by molar-refractivity contribution is -0.128. The van der Waals surface area contributed by atoms with Gasteiger partial charge in [-0.2, -0.15) is 0 Å². The first-order valence-electron chi connectivity index (χ1n) is 7.16. The molecule has 116 valence electrons. The molecule has 1 saturated heterocycles. The average Bonchev–Trinajstić information content (AvgIpc) is 3.08. The molecule has 0 radical (unpaired) electrons. The first kappa shape index (κ1) is 14.8. The summed E-state index contributed by atoms with van der Waals surface area (Å²) in [5, 5.41) is 8.65. The van der Waals surface area contributed by atoms with Gasteiger partial charge in [-0.1, -0.05) is 11.2 Å². The first-order valence-corrected chi connectivity index (χ1v) is 8.04. The zero-order chi connectivity index (χ0) is 15.5. The van der Waals surface area contributed by atoms with Gasteiger partial charge >= 0.3 is 0 Å². The lowest BCUT2D eigenvalue weighted by Crippen LogP contribution is -2.55. The van der Waals surface area contributed by atoms with E-state index in [1.807, 2.05) is 11.4 Å². The fourth-order valence-electron chi connectivity index (χ4n) is 2.35. The van der Waals surface area contributed by atoms with Gasteiger partial charge < -0.3 is 14.7 Å². The van der Waals surface area contributed by atoms with Gasteiger partial charge in [0.1, 0.15) is 5.76 Å². The molecule has 0 unspecified atom stereocenters. The van der Waals surface area contributed by atoms with E-state index in [1.54, 1.807) is 29.2 Å². The third kappa shape index (κ3) is 3.19. The van der Waals surface area contributed by atoms with Gasteiger partial charge in [0.2, 0.25) is 5.91 Å². The summed E-state index contributed by atoms with van der Waals surface area (Å²) in [5.74, 6) is 0.309. The molecule has 1 aliphatic heterocycles. The van der Waals surface area contributed by atoms with E-state index in [0.29, 0.717) is 31.1 Å². The molecule has 2 aromatic rings. The molecule has 0 saturated carbocycles. The highest BCUT2D eigenvalue weighted by Gasteiger charge is 2.36. The van der Waals surface area contributed by atoms with Crippen LogP contribution in [-0.2, 0) is 11.2 Å². The van der Waals surface area contributed by atoms with E-state index in [9.17, 15) is 9.59 Å². The summed E-state index contributed by atoms with van der Waals surface area (Å²) in [4.78, 5) is 26.9. The third-order valence-electron chi connectivity index (χ3n) is 3.64. The number of aromatic nitrogens is 1. The van der Waals surface area contributed by atoms with E-state index in [0.717, 1.165) is 6.42 Å². The van der Waals surface area contributed by atoms with Gasteiger partial charge in [-0.05, 0) is 24.8 Å². The smallest absolute Gasteiger partial charge is 0.276 e. The van der Waals surface area contributed by atoms with Gasteiger partial charge in [-0.15, -0.1) is 11.3 Å². The fourth-order valence-corrected chi connectivity index (χ4v) is 3.06. The van der Waals surface area contributed by atoms with Gasteiger partial charge in [0.15, 0.2) is 5.69 Å². The minimum atomic E-state index is -0.181. The molecule has 1 aliphatic rings. The molecule has 2 aromatic heterocycles. The minimum absolute atomic E-state index is 0.0111. The Bertz CT molecular complexity index is 659. The van der Waals surface area contributed by atoms with Crippen LogP contribution in [0, 0.1) is 12.8 Å². The summed E-state index contributed by atoms with van der Waals surface area (Å²) in [6.07, 6.45) is 0.844. The second kappa shape index (κ2) is 6.31. The van der Waals surface area contributed by atoms with Crippen molar-refractivity contribution in [3.05, 3.63) is 39.9 Å². The van der Waals surface area contributed by atoms with Crippen LogP contribution in [0.5, 0.6) is 0 Å². The lowest BCUT2D eigenvalue weighted by atomic mass is 9.98. The van der Waals surface area contributed by atoms with Crippen LogP contribution in [0.2, 0.25) is 0 Å². The number of nitrogens with zero attached hydrogens (tertiary/aromatic N) is 2. The van der Waals surface area contributed by atoms with Crippen molar-refractivity contribution in [2.24, 2.45) is 5.92 Å². The largest absolute Gasteiger partial charge is 0.361 e. The van der Waals surface area contributed by atoms with Crippen molar-refractivity contribution >= 4 is 23.2 Å². The zero-order valence-electron chi connectivity index (χ0n) is 12.2. The lowest BCUT2D eigenvalue weighted by Gasteiger charge is -2.37. The van der Waals surface area contributed by atoms with E-state index in [4.69, 9.17) is 4.52 Å². The number of amides is 2. The number of nitrogens with one attached hydrogen (secondary N) is 1. The number of carbonyl (C=O) groups is 2. The van der Waals surface area contributed by atoms with Crippen molar-refractivity contribution in [1.82, 2.24) is 15.4 Å². The number of rotatable bonds is 5. The monoisotopic (exact) mass is 319 g/mol. The molecule has 0 bridgehead atoms. The molecule has 3 rings (SSSR count). The normalized spacial score (nSPS) is 14.7. The maximum Gasteiger partial charge on any atom is 0.276 e. The Kier molecular flexibility index (Phi) is 4.24. The third-order valence-corrected chi connectivity index (χ3v) is 4.57. The summed E-state index contributed by atoms with van der Waals surface area (Å²) in [7, 11) is 0. The van der Waals surface area contributed by atoms with Crippen LogP contribution in [0.1, 0.15) is 21.1 Å². The van der Waals surface area contributed by atoms with Crippen LogP contribution in [0.4, 0.5) is 0 Å². The summed E-state index contributed by atoms with van der Waals surface area (Å²) in [6.45, 7) is 3.25. The Balaban J connectivity index is 1.40. The minimum Gasteiger partial charge on any atom is -0.361 e. The van der Waals surface area contributed by atoms with E-state index in [-0.39, 0.29) is 17.7 Å². The zero-order valence-corrected chi connectivity index (χ0v) is 13.1. The Morgan fingerprint density at radius 2 is 2.32 bits per heavy atom. The van der Waals surface area contributed by atoms with Crippen LogP contribution in [0.15, 0.2) is 28.1 Å². The molecule has 1 N–H and O–H groups in total. The highest BCUT2D eigenvalue weighted by Crippen LogP contribution is 2.19. The molecular weight excluding hydrogens is 302 g/mol. The second-order valence-corrected chi connectivity index (χ2v) is 6.38. The summed E-state index contributed by atoms with van der Waals surface area (Å²) < 4.78 is 4.89. The highest BCUT2D eigenvalue weighted by molar-refractivity contribution is 7.09. The molecule has 0 aromatic carbocycles. The van der Waals surface area contributed by atoms with Gasteiger partial charge in [0.25, 0.3) is 5.91 Å². The number of hydrogen-bond donors (Lipinski definition) is 1. The summed E-state index contributed by atoms with van der Waals surface area (Å²) in [5.41, 5.74) is 0.300. The molecular formula is C15H17N3O3S. The number of thiophene rings is 1. The maximum atomic E-state index is 12.1. The Morgan fingerprint density at radius 3 is 2.95 bits per heavy atom. The number of carbonyl (C=O) groups excluding carboxylic acids is 2. The van der Waals surface area contributed by atoms with E-state index < -0.39 is 0 Å². The molecule has 3 heterocycles. The average molecular weight is 319 g/mol. The molecule has 0 aliphatic carbocycles. The van der Waals surface area contributed by atoms with Crippen LogP contribution in [0.3, 0.4) is 0 Å². The molecule has 2 amide bonds. The van der Waals surface area contributed by atoms with Gasteiger partial charge in [-0.3, -0.25) is 9.59 Å². The first-order chi connectivity index (χ1) is 10.6. The van der Waals surface area contributed by atoms with Crippen molar-refractivity contribution in [2.75, 3.05) is 19.6 Å². The second-order valence-electron chi connectivity index (χ2n) is 5.35. The van der Waals surface area contributed by atoms with E-state index >= 15 is 0 Å². The summed E-state index contributed by atoms with van der Waals surface area (Å²) >= 11 is 1.69. The van der Waals surface area contributed by atoms with Crippen LogP contribution < -0.4 is 5.32 Å². The van der Waals surface area contributed by atoms with Crippen LogP contribution in [-0.4, -0.2) is 41.5 Å². The van der Waals surface area contributed by atoms with Gasteiger partial charge in [0.05, 0.1) is 5.92 Å². The highest BCUT2D eigenvalue weighted by atomic mass is 32.1. The van der Waals surface area contributed by atoms with Crippen molar-refractivity contribution in [3.63, 3.8) is 0 Å². The quantitative estimate of drug-likeness (QED) is 0.905. The Labute approximate surface area is 132 Å². The standard InChI is InChI=1S/C15H17N3O3S/c1-10-7-13(17-21-10)15(20)18-8-11(9-18)14(19)16-5-4-12-3-2-6-22-12/h2-3,6-7,11H,4-5,8-9H2,1H3,(H,16,19). The number of aryl methyl sites for hydroxylation is 1. The number of likely N-dealkylation sites (tertiary alicyclic amines) is 1. The molecule has 0 atom stereocenters. The van der Waals surface area contributed by atoms with Gasteiger partial charge in [-0.25, -0.2) is 0 Å². The van der Waals surface area contributed by atoms with Crippen molar-refractivity contribution in [1.29, 1.82) is 0 Å². The van der Waals surface area contributed by atoms with Crippen LogP contribution in [0.25, 0.3) is 0 Å². The molecule has 1 fully saturated rings. The molecule has 22 heavy (non-hydrogen) atoms. The fraction of sp³-hybridized carbons (Fsp3) is 0.400.